The van der Waals surface area contributed by atoms with Gasteiger partial charge in [0.1, 0.15) is 0 Å². The minimum absolute atomic E-state index is 0.182. The zero-order chi connectivity index (χ0) is 16.1. The molecule has 0 unspecified atom stereocenters. The second kappa shape index (κ2) is 6.58. The number of nitrogens with zero attached hydrogens (tertiary/aromatic N) is 1. The Morgan fingerprint density at radius 2 is 1.74 bits per heavy atom. The third-order valence-corrected chi connectivity index (χ3v) is 3.25. The molecule has 112 valence electrons. The minimum Gasteiger partial charge on any atom is -0.340 e. The summed E-state index contributed by atoms with van der Waals surface area (Å²) >= 11 is 0. The number of fused-ring (bicyclic) bond motifs is 1. The van der Waals surface area contributed by atoms with Gasteiger partial charge in [-0.25, -0.2) is 5.10 Å². The van der Waals surface area contributed by atoms with Crippen LogP contribution in [0.4, 0.5) is 0 Å². The lowest BCUT2D eigenvalue weighted by atomic mass is 10.1. The highest BCUT2D eigenvalue weighted by molar-refractivity contribution is 6.04. The number of aromatic nitrogens is 2. The van der Waals surface area contributed by atoms with E-state index in [-0.39, 0.29) is 23.7 Å². The number of nitrogens with one attached hydrogen (secondary N) is 2. The van der Waals surface area contributed by atoms with Crippen LogP contribution in [0.15, 0.2) is 59.4 Å². The molecule has 1 heterocycles. The SMILES string of the molecule is O=C(NCC#Cc1ccccc1)c1n[nH]c(=O)c2ccccc12. The maximum Gasteiger partial charge on any atom is 0.273 e. The van der Waals surface area contributed by atoms with Crippen LogP contribution >= 0.6 is 0 Å². The predicted molar refractivity (Wildman–Crippen MR) is 88.0 cm³/mol. The van der Waals surface area contributed by atoms with Gasteiger partial charge in [0.15, 0.2) is 5.69 Å². The van der Waals surface area contributed by atoms with Crippen LogP contribution in [0.5, 0.6) is 0 Å². The number of benzene rings is 2. The lowest BCUT2D eigenvalue weighted by molar-refractivity contribution is 0.0954. The van der Waals surface area contributed by atoms with Crippen molar-refractivity contribution in [2.24, 2.45) is 0 Å². The van der Waals surface area contributed by atoms with Crippen molar-refractivity contribution in [1.29, 1.82) is 0 Å². The van der Waals surface area contributed by atoms with Gasteiger partial charge in [-0.3, -0.25) is 9.59 Å². The fourth-order valence-electron chi connectivity index (χ4n) is 2.16. The zero-order valence-corrected chi connectivity index (χ0v) is 12.2. The van der Waals surface area contributed by atoms with Crippen LogP contribution in [0, 0.1) is 11.8 Å². The van der Waals surface area contributed by atoms with E-state index in [0.717, 1.165) is 5.56 Å². The van der Waals surface area contributed by atoms with Gasteiger partial charge in [0.05, 0.1) is 11.9 Å². The monoisotopic (exact) mass is 303 g/mol. The van der Waals surface area contributed by atoms with Crippen LogP contribution in [-0.2, 0) is 0 Å². The third kappa shape index (κ3) is 3.27. The number of carbonyl (C=O) groups excluding carboxylic acids is 1. The number of amides is 1. The number of hydrogen-bond acceptors (Lipinski definition) is 3. The normalized spacial score (nSPS) is 9.91. The van der Waals surface area contributed by atoms with Crippen LogP contribution < -0.4 is 10.9 Å². The van der Waals surface area contributed by atoms with E-state index in [4.69, 9.17) is 0 Å². The topological polar surface area (TPSA) is 74.8 Å². The molecule has 0 fully saturated rings. The first-order valence-electron chi connectivity index (χ1n) is 7.05. The molecule has 1 amide bonds. The molecule has 2 N–H and O–H groups in total. The van der Waals surface area contributed by atoms with E-state index in [0.29, 0.717) is 10.8 Å². The summed E-state index contributed by atoms with van der Waals surface area (Å²) in [6, 6.07) is 16.4. The van der Waals surface area contributed by atoms with Crippen molar-refractivity contribution >= 4 is 16.7 Å². The first-order chi connectivity index (χ1) is 11.3. The van der Waals surface area contributed by atoms with E-state index < -0.39 is 0 Å². The van der Waals surface area contributed by atoms with Crippen molar-refractivity contribution in [3.63, 3.8) is 0 Å². The highest BCUT2D eigenvalue weighted by Gasteiger charge is 2.12. The van der Waals surface area contributed by atoms with Crippen molar-refractivity contribution in [2.75, 3.05) is 6.54 Å². The fourth-order valence-corrected chi connectivity index (χ4v) is 2.16. The molecular formula is C18H13N3O2. The highest BCUT2D eigenvalue weighted by atomic mass is 16.2. The summed E-state index contributed by atoms with van der Waals surface area (Å²) < 4.78 is 0. The summed E-state index contributed by atoms with van der Waals surface area (Å²) in [7, 11) is 0. The van der Waals surface area contributed by atoms with E-state index >= 15 is 0 Å². The largest absolute Gasteiger partial charge is 0.340 e. The highest BCUT2D eigenvalue weighted by Crippen LogP contribution is 2.11. The third-order valence-electron chi connectivity index (χ3n) is 3.25. The van der Waals surface area contributed by atoms with Gasteiger partial charge in [0, 0.05) is 10.9 Å². The predicted octanol–water partition coefficient (Wildman–Crippen LogP) is 1.70. The van der Waals surface area contributed by atoms with Crippen LogP contribution in [0.1, 0.15) is 16.1 Å². The Bertz CT molecular complexity index is 966. The Hall–Kier alpha value is -3.39. The van der Waals surface area contributed by atoms with Gasteiger partial charge in [-0.1, -0.05) is 48.2 Å². The molecule has 0 saturated heterocycles. The van der Waals surface area contributed by atoms with Crippen LogP contribution in [0.3, 0.4) is 0 Å². The molecule has 0 aliphatic heterocycles. The van der Waals surface area contributed by atoms with Crippen molar-refractivity contribution in [3.8, 4) is 11.8 Å². The lowest BCUT2D eigenvalue weighted by Gasteiger charge is -2.04. The van der Waals surface area contributed by atoms with Crippen molar-refractivity contribution in [2.45, 2.75) is 0 Å². The molecular weight excluding hydrogens is 290 g/mol. The Balaban J connectivity index is 1.76. The molecule has 0 aliphatic carbocycles. The van der Waals surface area contributed by atoms with E-state index in [9.17, 15) is 9.59 Å². The Morgan fingerprint density at radius 3 is 2.52 bits per heavy atom. The fraction of sp³-hybridized carbons (Fsp3) is 0.0556. The van der Waals surface area contributed by atoms with Gasteiger partial charge in [-0.2, -0.15) is 5.10 Å². The molecule has 1 aromatic heterocycles. The molecule has 0 saturated carbocycles. The Kier molecular flexibility index (Phi) is 4.16. The van der Waals surface area contributed by atoms with Crippen LogP contribution in [-0.4, -0.2) is 22.6 Å². The maximum atomic E-state index is 12.2. The summed E-state index contributed by atoms with van der Waals surface area (Å²) in [5.74, 6) is 5.46. The maximum absolute atomic E-state index is 12.2. The summed E-state index contributed by atoms with van der Waals surface area (Å²) in [6.07, 6.45) is 0. The summed E-state index contributed by atoms with van der Waals surface area (Å²) in [4.78, 5) is 23.9. The first-order valence-corrected chi connectivity index (χ1v) is 7.05. The number of H-pyrrole nitrogens is 1. The van der Waals surface area contributed by atoms with E-state index in [1.165, 1.54) is 0 Å². The Morgan fingerprint density at radius 1 is 1.04 bits per heavy atom. The molecule has 0 radical (unpaired) electrons. The van der Waals surface area contributed by atoms with Crippen LogP contribution in [0.25, 0.3) is 10.8 Å². The standard InChI is InChI=1S/C18H13N3O2/c22-17-15-11-5-4-10-14(15)16(20-21-17)18(23)19-12-6-9-13-7-2-1-3-8-13/h1-5,7-8,10-11H,12H2,(H,19,23)(H,21,22). The molecule has 3 rings (SSSR count). The van der Waals surface area contributed by atoms with Crippen molar-refractivity contribution in [3.05, 3.63) is 76.2 Å². The van der Waals surface area contributed by atoms with Crippen LogP contribution in [0.2, 0.25) is 0 Å². The summed E-state index contributed by atoms with van der Waals surface area (Å²) in [6.45, 7) is 0.197. The van der Waals surface area contributed by atoms with E-state index in [2.05, 4.69) is 27.4 Å². The molecule has 23 heavy (non-hydrogen) atoms. The van der Waals surface area contributed by atoms with E-state index in [1.807, 2.05) is 30.3 Å². The van der Waals surface area contributed by atoms with Gasteiger partial charge >= 0.3 is 0 Å². The summed E-state index contributed by atoms with van der Waals surface area (Å²) in [5.41, 5.74) is 0.747. The molecule has 2 aromatic carbocycles. The zero-order valence-electron chi connectivity index (χ0n) is 12.2. The minimum atomic E-state index is -0.375. The first kappa shape index (κ1) is 14.5. The van der Waals surface area contributed by atoms with Gasteiger partial charge in [0.2, 0.25) is 0 Å². The van der Waals surface area contributed by atoms with Gasteiger partial charge in [-0.15, -0.1) is 0 Å². The lowest BCUT2D eigenvalue weighted by Crippen LogP contribution is -2.26. The molecule has 0 aliphatic rings. The number of rotatable bonds is 2. The number of hydrogen-bond donors (Lipinski definition) is 2. The van der Waals surface area contributed by atoms with Gasteiger partial charge in [0.25, 0.3) is 11.5 Å². The molecule has 0 bridgehead atoms. The average Bonchev–Trinajstić information content (AvgIpc) is 2.60. The summed E-state index contributed by atoms with van der Waals surface area (Å²) in [5, 5.41) is 9.82. The molecule has 5 nitrogen and oxygen atoms in total. The van der Waals surface area contributed by atoms with Gasteiger partial charge in [-0.05, 0) is 18.2 Å². The molecule has 0 spiro atoms. The average molecular weight is 303 g/mol. The molecule has 5 heteroatoms. The smallest absolute Gasteiger partial charge is 0.273 e. The second-order valence-corrected chi connectivity index (χ2v) is 4.80. The number of carbonyl (C=O) groups is 1. The molecule has 3 aromatic rings. The van der Waals surface area contributed by atoms with Crippen molar-refractivity contribution in [1.82, 2.24) is 15.5 Å². The Labute approximate surface area is 132 Å². The molecule has 0 atom stereocenters. The van der Waals surface area contributed by atoms with Crippen molar-refractivity contribution < 1.29 is 4.79 Å². The quantitative estimate of drug-likeness (QED) is 0.708. The second-order valence-electron chi connectivity index (χ2n) is 4.80. The van der Waals surface area contributed by atoms with Gasteiger partial charge < -0.3 is 5.32 Å². The number of aromatic amines is 1. The van der Waals surface area contributed by atoms with E-state index in [1.54, 1.807) is 24.3 Å².